The second-order valence-electron chi connectivity index (χ2n) is 8.68. The van der Waals surface area contributed by atoms with Crippen molar-refractivity contribution in [1.29, 1.82) is 0 Å². The minimum atomic E-state index is -0.157. The number of nitrogens with zero attached hydrogens (tertiary/aromatic N) is 4. The molecule has 28 heavy (non-hydrogen) atoms. The van der Waals surface area contributed by atoms with Crippen molar-refractivity contribution in [3.63, 3.8) is 0 Å². The summed E-state index contributed by atoms with van der Waals surface area (Å²) in [5, 5.41) is 8.01. The number of aryl methyl sites for hydroxylation is 1. The molecule has 0 aliphatic carbocycles. The molecule has 0 atom stereocenters. The Morgan fingerprint density at radius 2 is 1.89 bits per heavy atom. The van der Waals surface area contributed by atoms with Crippen LogP contribution in [0.4, 0.5) is 5.69 Å². The van der Waals surface area contributed by atoms with E-state index in [1.54, 1.807) is 6.92 Å². The lowest BCUT2D eigenvalue weighted by Crippen LogP contribution is -2.50. The van der Waals surface area contributed by atoms with E-state index < -0.39 is 0 Å². The van der Waals surface area contributed by atoms with Crippen molar-refractivity contribution in [2.45, 2.75) is 20.4 Å². The molecule has 0 radical (unpaired) electrons. The molecule has 0 unspecified atom stereocenters. The molecule has 0 fully saturated rings. The smallest absolute Gasteiger partial charge is 0.279 e. The fourth-order valence-corrected chi connectivity index (χ4v) is 5.08. The van der Waals surface area contributed by atoms with Crippen molar-refractivity contribution in [2.24, 2.45) is 0 Å². The van der Waals surface area contributed by atoms with E-state index in [9.17, 15) is 9.59 Å². The first-order valence-electron chi connectivity index (χ1n) is 9.47. The van der Waals surface area contributed by atoms with Crippen LogP contribution in [0.5, 0.6) is 0 Å². The molecule has 6 nitrogen and oxygen atoms in total. The zero-order chi connectivity index (χ0) is 20.0. The molecule has 6 heteroatoms. The molecular weight excluding hydrogens is 352 g/mol. The first kappa shape index (κ1) is 17.1. The summed E-state index contributed by atoms with van der Waals surface area (Å²) >= 11 is 0. The summed E-state index contributed by atoms with van der Waals surface area (Å²) in [6, 6.07) is 8.12. The Bertz CT molecular complexity index is 1370. The Balaban J connectivity index is 2.05. The van der Waals surface area contributed by atoms with E-state index in [1.807, 2.05) is 18.2 Å². The minimum absolute atomic E-state index is 0.0684. The van der Waals surface area contributed by atoms with Crippen molar-refractivity contribution in [2.75, 3.05) is 32.7 Å². The van der Waals surface area contributed by atoms with Crippen LogP contribution in [0.25, 0.3) is 27.1 Å². The third kappa shape index (κ3) is 2.09. The zero-order valence-electron chi connectivity index (χ0n) is 16.8. The molecule has 5 rings (SSSR count). The van der Waals surface area contributed by atoms with Crippen LogP contribution >= 0.6 is 0 Å². The van der Waals surface area contributed by atoms with Crippen LogP contribution in [0.15, 0.2) is 29.1 Å². The molecule has 142 valence electrons. The number of pyridine rings is 1. The van der Waals surface area contributed by atoms with Crippen LogP contribution in [0, 0.1) is 6.92 Å². The van der Waals surface area contributed by atoms with Gasteiger partial charge in [0.1, 0.15) is 6.54 Å². The summed E-state index contributed by atoms with van der Waals surface area (Å²) < 4.78 is 2.26. The number of carbonyl (C=O) groups excluding carboxylic acids is 1. The van der Waals surface area contributed by atoms with Crippen molar-refractivity contribution >= 4 is 38.5 Å². The predicted octanol–water partition coefficient (Wildman–Crippen LogP) is 2.93. The number of quaternary nitrogens is 1. The van der Waals surface area contributed by atoms with E-state index in [0.717, 1.165) is 33.9 Å². The van der Waals surface area contributed by atoms with Gasteiger partial charge in [-0.2, -0.15) is 9.61 Å². The lowest BCUT2D eigenvalue weighted by atomic mass is 9.93. The maximum atomic E-state index is 13.4. The first-order valence-corrected chi connectivity index (χ1v) is 9.47. The molecule has 4 aromatic rings. The second kappa shape index (κ2) is 5.29. The lowest BCUT2D eigenvalue weighted by Gasteiger charge is -2.41. The quantitative estimate of drug-likeness (QED) is 0.379. The number of fused-ring (bicyclic) bond motifs is 4. The monoisotopic (exact) mass is 375 g/mol. The predicted molar refractivity (Wildman–Crippen MR) is 111 cm³/mol. The van der Waals surface area contributed by atoms with E-state index in [2.05, 4.69) is 37.2 Å². The highest BCUT2D eigenvalue weighted by Crippen LogP contribution is 2.40. The van der Waals surface area contributed by atoms with Crippen molar-refractivity contribution in [1.82, 2.24) is 9.61 Å². The van der Waals surface area contributed by atoms with Crippen molar-refractivity contribution < 1.29 is 9.28 Å². The van der Waals surface area contributed by atoms with Crippen LogP contribution in [0.1, 0.15) is 28.5 Å². The average molecular weight is 375 g/mol. The summed E-state index contributed by atoms with van der Waals surface area (Å²) in [4.78, 5) is 28.0. The van der Waals surface area contributed by atoms with Gasteiger partial charge in [-0.3, -0.25) is 9.59 Å². The third-order valence-electron chi connectivity index (χ3n) is 5.88. The molecular formula is C22H23N4O2+. The number of ketones is 1. The number of carbonyl (C=O) groups is 1. The highest BCUT2D eigenvalue weighted by molar-refractivity contribution is 6.22. The van der Waals surface area contributed by atoms with Crippen LogP contribution in [-0.4, -0.2) is 47.7 Å². The third-order valence-corrected chi connectivity index (χ3v) is 5.88. The molecule has 0 N–H and O–H groups in total. The molecule has 0 saturated heterocycles. The van der Waals surface area contributed by atoms with Crippen LogP contribution < -0.4 is 10.5 Å². The van der Waals surface area contributed by atoms with Crippen LogP contribution in [0.3, 0.4) is 0 Å². The van der Waals surface area contributed by atoms with Gasteiger partial charge in [0.15, 0.2) is 12.5 Å². The van der Waals surface area contributed by atoms with Gasteiger partial charge >= 0.3 is 0 Å². The highest BCUT2D eigenvalue weighted by atomic mass is 16.1. The number of benzene rings is 2. The summed E-state index contributed by atoms with van der Waals surface area (Å²) in [7, 11) is 6.50. The van der Waals surface area contributed by atoms with Gasteiger partial charge in [-0.25, -0.2) is 0 Å². The van der Waals surface area contributed by atoms with E-state index >= 15 is 0 Å². The fraction of sp³-hybridized carbons (Fsp3) is 0.318. The number of aromatic nitrogens is 2. The van der Waals surface area contributed by atoms with E-state index in [1.165, 1.54) is 22.7 Å². The average Bonchev–Trinajstić information content (AvgIpc) is 2.95. The first-order chi connectivity index (χ1) is 13.2. The number of rotatable bonds is 1. The fourth-order valence-electron chi connectivity index (χ4n) is 5.08. The van der Waals surface area contributed by atoms with Crippen LogP contribution in [0.2, 0.25) is 0 Å². The summed E-state index contributed by atoms with van der Waals surface area (Å²) in [6.07, 6.45) is 0. The minimum Gasteiger partial charge on any atom is -0.327 e. The maximum absolute atomic E-state index is 13.4. The van der Waals surface area contributed by atoms with Gasteiger partial charge in [0.25, 0.3) is 5.56 Å². The molecule has 2 aromatic carbocycles. The highest BCUT2D eigenvalue weighted by Gasteiger charge is 2.31. The summed E-state index contributed by atoms with van der Waals surface area (Å²) in [5.41, 5.74) is 3.96. The molecule has 0 bridgehead atoms. The Kier molecular flexibility index (Phi) is 3.24. The van der Waals surface area contributed by atoms with Gasteiger partial charge in [0, 0.05) is 28.8 Å². The molecule has 0 spiro atoms. The second-order valence-corrected chi connectivity index (χ2v) is 8.68. The normalized spacial score (nSPS) is 16.2. The maximum Gasteiger partial charge on any atom is 0.279 e. The molecule has 1 aliphatic heterocycles. The Morgan fingerprint density at radius 1 is 1.18 bits per heavy atom. The topological polar surface area (TPSA) is 54.7 Å². The lowest BCUT2D eigenvalue weighted by molar-refractivity contribution is -0.904. The molecule has 0 saturated carbocycles. The van der Waals surface area contributed by atoms with Gasteiger partial charge in [-0.1, -0.05) is 18.2 Å². The summed E-state index contributed by atoms with van der Waals surface area (Å²) in [5.74, 6) is -0.0684. The zero-order valence-corrected chi connectivity index (χ0v) is 16.8. The van der Waals surface area contributed by atoms with Gasteiger partial charge < -0.3 is 9.38 Å². The van der Waals surface area contributed by atoms with Gasteiger partial charge in [0.2, 0.25) is 0 Å². The van der Waals surface area contributed by atoms with Gasteiger partial charge in [-0.15, -0.1) is 0 Å². The van der Waals surface area contributed by atoms with Gasteiger partial charge in [-0.05, 0) is 19.9 Å². The Labute approximate surface area is 162 Å². The largest absolute Gasteiger partial charge is 0.327 e. The van der Waals surface area contributed by atoms with Crippen molar-refractivity contribution in [3.05, 3.63) is 51.4 Å². The number of Topliss-reactive ketones (excluding diaryl/α,β-unsaturated/α-hetero) is 1. The SMILES string of the molecule is CC(=O)c1c(C)nn2c(=O)c3cc4c(c5cccc(c53)c12)N(C)C[N+](C)(C)C4. The van der Waals surface area contributed by atoms with Crippen molar-refractivity contribution in [3.8, 4) is 0 Å². The van der Waals surface area contributed by atoms with E-state index in [4.69, 9.17) is 0 Å². The standard InChI is InChI=1S/C22H23N4O2/c1-12-18(13(2)27)21-16-8-6-7-15-19(16)17(22(28)25(21)23-12)9-14-10-26(4,5)11-24(3)20(14)15/h6-9H,10-11H2,1-5H3/q+1. The van der Waals surface area contributed by atoms with Crippen LogP contribution in [-0.2, 0) is 6.54 Å². The number of hydrogen-bond donors (Lipinski definition) is 0. The molecule has 0 amide bonds. The Hall–Kier alpha value is -2.99. The van der Waals surface area contributed by atoms with E-state index in [0.29, 0.717) is 22.2 Å². The number of anilines is 1. The molecule has 2 aromatic heterocycles. The van der Waals surface area contributed by atoms with E-state index in [-0.39, 0.29) is 11.3 Å². The Morgan fingerprint density at radius 3 is 2.61 bits per heavy atom. The number of hydrogen-bond acceptors (Lipinski definition) is 4. The van der Waals surface area contributed by atoms with Gasteiger partial charge in [0.05, 0.1) is 41.9 Å². The molecule has 3 heterocycles. The molecule has 1 aliphatic rings. The summed E-state index contributed by atoms with van der Waals surface area (Å²) in [6.45, 7) is 5.09.